The molecule has 1 aromatic rings. The van der Waals surface area contributed by atoms with Gasteiger partial charge in [0, 0.05) is 71.0 Å². The Morgan fingerprint density at radius 3 is 1.84 bits per heavy atom. The molecule has 0 N–H and O–H groups in total. The monoisotopic (exact) mass is 659 g/mol. The molecule has 5 rings (SSSR count). The number of carbonyl (C=O) groups excluding carboxylic acids is 1. The maximum absolute atomic E-state index is 14.2. The molecule has 44 heavy (non-hydrogen) atoms. The second-order valence-electron chi connectivity index (χ2n) is 13.2. The van der Waals surface area contributed by atoms with Crippen LogP contribution in [-0.2, 0) is 20.0 Å². The van der Waals surface area contributed by atoms with Crippen molar-refractivity contribution in [1.82, 2.24) is 23.3 Å². The van der Waals surface area contributed by atoms with E-state index >= 15 is 0 Å². The summed E-state index contributed by atoms with van der Waals surface area (Å²) >= 11 is 0. The van der Waals surface area contributed by atoms with Crippen LogP contribution in [0.25, 0.3) is 0 Å². The van der Waals surface area contributed by atoms with E-state index in [1.807, 2.05) is 9.80 Å². The van der Waals surface area contributed by atoms with Crippen molar-refractivity contribution in [3.8, 4) is 0 Å². The Labute approximate surface area is 261 Å². The second kappa shape index (κ2) is 13.9. The van der Waals surface area contributed by atoms with E-state index in [-0.39, 0.29) is 23.9 Å². The number of likely N-dealkylation sites (tertiary alicyclic amines) is 1. The van der Waals surface area contributed by atoms with Gasteiger partial charge >= 0.3 is 6.03 Å². The van der Waals surface area contributed by atoms with Gasteiger partial charge in [-0.3, -0.25) is 0 Å². The molecule has 0 aromatic heterocycles. The van der Waals surface area contributed by atoms with Gasteiger partial charge in [0.1, 0.15) is 11.6 Å². The van der Waals surface area contributed by atoms with E-state index < -0.39 is 31.7 Å². The number of carbonyl (C=O) groups is 1. The highest BCUT2D eigenvalue weighted by molar-refractivity contribution is 7.88. The third-order valence-electron chi connectivity index (χ3n) is 10.3. The number of piperidine rings is 3. The molecule has 0 aliphatic carbocycles. The van der Waals surface area contributed by atoms with E-state index in [4.69, 9.17) is 0 Å². The quantitative estimate of drug-likeness (QED) is 0.383. The summed E-state index contributed by atoms with van der Waals surface area (Å²) in [5.74, 6) is -0.806. The van der Waals surface area contributed by atoms with Crippen molar-refractivity contribution in [3.05, 3.63) is 35.4 Å². The Kier molecular flexibility index (Phi) is 10.6. The van der Waals surface area contributed by atoms with E-state index in [0.717, 1.165) is 57.8 Å². The molecule has 0 bridgehead atoms. The number of rotatable bonds is 10. The Hall–Kier alpha value is -1.87. The molecular formula is C30H47F2N5O5S2. The molecule has 1 aromatic carbocycles. The molecule has 4 aliphatic heterocycles. The Bertz CT molecular complexity index is 1350. The van der Waals surface area contributed by atoms with Crippen molar-refractivity contribution in [2.45, 2.75) is 56.9 Å². The van der Waals surface area contributed by atoms with Crippen LogP contribution in [0.3, 0.4) is 0 Å². The first-order valence-electron chi connectivity index (χ1n) is 15.9. The highest BCUT2D eigenvalue weighted by atomic mass is 32.2. The van der Waals surface area contributed by atoms with Crippen molar-refractivity contribution in [2.24, 2.45) is 11.8 Å². The number of benzene rings is 1. The van der Waals surface area contributed by atoms with E-state index in [1.165, 1.54) is 33.3 Å². The van der Waals surface area contributed by atoms with E-state index in [0.29, 0.717) is 70.1 Å². The van der Waals surface area contributed by atoms with Crippen molar-refractivity contribution in [3.63, 3.8) is 0 Å². The summed E-state index contributed by atoms with van der Waals surface area (Å²) in [5, 5.41) is 0. The summed E-state index contributed by atoms with van der Waals surface area (Å²) in [6, 6.07) is 4.00. The van der Waals surface area contributed by atoms with Crippen molar-refractivity contribution in [2.75, 3.05) is 78.0 Å². The van der Waals surface area contributed by atoms with Gasteiger partial charge in [0.25, 0.3) is 0 Å². The topological polar surface area (TPSA) is 102 Å². The molecule has 0 saturated carbocycles. The number of halogens is 2. The second-order valence-corrected chi connectivity index (χ2v) is 17.2. The van der Waals surface area contributed by atoms with Gasteiger partial charge in [-0.2, -0.15) is 0 Å². The number of sulfonamides is 2. The lowest BCUT2D eigenvalue weighted by Crippen LogP contribution is -2.47. The van der Waals surface area contributed by atoms with Crippen LogP contribution < -0.4 is 0 Å². The van der Waals surface area contributed by atoms with Gasteiger partial charge in [-0.05, 0) is 86.9 Å². The Morgan fingerprint density at radius 2 is 1.30 bits per heavy atom. The molecular weight excluding hydrogens is 612 g/mol. The van der Waals surface area contributed by atoms with E-state index in [9.17, 15) is 30.4 Å². The van der Waals surface area contributed by atoms with Crippen LogP contribution in [0.1, 0.15) is 56.4 Å². The highest BCUT2D eigenvalue weighted by Gasteiger charge is 2.37. The third kappa shape index (κ3) is 8.28. The molecule has 1 unspecified atom stereocenters. The minimum absolute atomic E-state index is 0.0716. The highest BCUT2D eigenvalue weighted by Crippen LogP contribution is 2.37. The minimum atomic E-state index is -3.26. The smallest absolute Gasteiger partial charge is 0.320 e. The fourth-order valence-corrected chi connectivity index (χ4v) is 9.44. The minimum Gasteiger partial charge on any atom is -0.323 e. The normalized spacial score (nSPS) is 24.0. The average Bonchev–Trinajstić information content (AvgIpc) is 3.32. The molecule has 4 aliphatic rings. The zero-order valence-electron chi connectivity index (χ0n) is 25.9. The van der Waals surface area contributed by atoms with Crippen molar-refractivity contribution >= 4 is 26.1 Å². The SMILES string of the molecule is CS(=O)(=O)N1CCC(CN2CCN(C3CCN(CCC(c4cc(F)cc(F)c4)C4CCN(S(C)(=O)=O)CC4)CC3)C2=O)CC1. The predicted octanol–water partition coefficient (Wildman–Crippen LogP) is 2.98. The summed E-state index contributed by atoms with van der Waals surface area (Å²) in [6.45, 7) is 6.43. The lowest BCUT2D eigenvalue weighted by molar-refractivity contribution is 0.122. The predicted molar refractivity (Wildman–Crippen MR) is 165 cm³/mol. The molecule has 4 heterocycles. The zero-order chi connectivity index (χ0) is 31.6. The zero-order valence-corrected chi connectivity index (χ0v) is 27.5. The van der Waals surface area contributed by atoms with E-state index in [1.54, 1.807) is 0 Å². The first kappa shape index (κ1) is 33.5. The first-order valence-corrected chi connectivity index (χ1v) is 19.6. The Balaban J connectivity index is 1.11. The summed E-state index contributed by atoms with van der Waals surface area (Å²) in [6.07, 6.45) is 7.80. The van der Waals surface area contributed by atoms with Gasteiger partial charge in [0.05, 0.1) is 12.5 Å². The molecule has 4 saturated heterocycles. The maximum atomic E-state index is 14.2. The fourth-order valence-electron chi connectivity index (χ4n) is 7.69. The number of urea groups is 1. The van der Waals surface area contributed by atoms with Gasteiger partial charge in [0.15, 0.2) is 0 Å². The number of nitrogens with zero attached hydrogens (tertiary/aromatic N) is 5. The van der Waals surface area contributed by atoms with Crippen LogP contribution in [0.4, 0.5) is 13.6 Å². The van der Waals surface area contributed by atoms with E-state index in [2.05, 4.69) is 4.90 Å². The molecule has 10 nitrogen and oxygen atoms in total. The maximum Gasteiger partial charge on any atom is 0.320 e. The number of hydrogen-bond donors (Lipinski definition) is 0. The van der Waals surface area contributed by atoms with Crippen LogP contribution in [-0.4, -0.2) is 130 Å². The average molecular weight is 660 g/mol. The molecule has 14 heteroatoms. The Morgan fingerprint density at radius 1 is 0.750 bits per heavy atom. The summed E-state index contributed by atoms with van der Waals surface area (Å²) in [7, 11) is -6.43. The van der Waals surface area contributed by atoms with Crippen molar-refractivity contribution in [1.29, 1.82) is 0 Å². The van der Waals surface area contributed by atoms with Gasteiger partial charge < -0.3 is 14.7 Å². The van der Waals surface area contributed by atoms with Crippen LogP contribution in [0, 0.1) is 23.5 Å². The summed E-state index contributed by atoms with van der Waals surface area (Å²) in [5.41, 5.74) is 0.639. The van der Waals surface area contributed by atoms with Gasteiger partial charge in [0.2, 0.25) is 20.0 Å². The number of amides is 2. The van der Waals surface area contributed by atoms with Gasteiger partial charge in [-0.15, -0.1) is 0 Å². The lowest BCUT2D eigenvalue weighted by atomic mass is 9.78. The van der Waals surface area contributed by atoms with Gasteiger partial charge in [-0.25, -0.2) is 39.0 Å². The van der Waals surface area contributed by atoms with Crippen molar-refractivity contribution < 1.29 is 30.4 Å². The fraction of sp³-hybridized carbons (Fsp3) is 0.767. The van der Waals surface area contributed by atoms with Crippen LogP contribution in [0.5, 0.6) is 0 Å². The standard InChI is InChI=1S/C30H47F2N5O5S2/c1-43(39,40)35-13-3-23(4-14-35)22-34-17-18-37(30(34)38)28-7-10-33(11-8-28)12-9-29(25-19-26(31)21-27(32)20-25)24-5-15-36(16-6-24)44(2,41)42/h19-21,23-24,28-29H,3-18,22H2,1-2H3. The molecule has 1 atom stereocenters. The lowest BCUT2D eigenvalue weighted by Gasteiger charge is -2.39. The molecule has 248 valence electrons. The summed E-state index contributed by atoms with van der Waals surface area (Å²) in [4.78, 5) is 19.6. The number of hydrogen-bond acceptors (Lipinski definition) is 6. The molecule has 4 fully saturated rings. The molecule has 0 radical (unpaired) electrons. The molecule has 0 spiro atoms. The third-order valence-corrected chi connectivity index (χ3v) is 12.9. The van der Waals surface area contributed by atoms with Crippen LogP contribution in [0.15, 0.2) is 18.2 Å². The van der Waals surface area contributed by atoms with Gasteiger partial charge in [-0.1, -0.05) is 0 Å². The van der Waals surface area contributed by atoms with Crippen LogP contribution in [0.2, 0.25) is 0 Å². The first-order chi connectivity index (χ1) is 20.8. The van der Waals surface area contributed by atoms with Crippen LogP contribution >= 0.6 is 0 Å². The largest absolute Gasteiger partial charge is 0.323 e. The summed E-state index contributed by atoms with van der Waals surface area (Å²) < 4.78 is 79.1. The molecule has 2 amide bonds.